The minimum Gasteiger partial charge on any atom is -0.480 e. The number of imide groups is 1. The monoisotopic (exact) mass is 440 g/mol. The highest BCUT2D eigenvalue weighted by molar-refractivity contribution is 6.03. The predicted octanol–water partition coefficient (Wildman–Crippen LogP) is 1.06. The second kappa shape index (κ2) is 12.7. The third kappa shape index (κ3) is 7.26. The highest BCUT2D eigenvalue weighted by Crippen LogP contribution is 2.16. The van der Waals surface area contributed by atoms with Gasteiger partial charge in [0.15, 0.2) is 0 Å². The van der Waals surface area contributed by atoms with Crippen LogP contribution < -0.4 is 17.2 Å². The van der Waals surface area contributed by atoms with E-state index in [0.717, 1.165) is 16.0 Å². The fraction of sp³-hybridized carbons (Fsp3) is 0.375. The average Bonchev–Trinajstić information content (AvgIpc) is 2.79. The summed E-state index contributed by atoms with van der Waals surface area (Å²) in [5.74, 6) is -2.77. The Hall–Kier alpha value is -3.07. The molecule has 7 N–H and O–H groups in total. The lowest BCUT2D eigenvalue weighted by Gasteiger charge is -2.31. The smallest absolute Gasteiger partial charge is 0.326 e. The molecule has 0 unspecified atom stereocenters. The van der Waals surface area contributed by atoms with E-state index in [1.54, 1.807) is 0 Å². The molecular weight excluding hydrogens is 408 g/mol. The molecule has 2 rings (SSSR count). The number of benzene rings is 2. The van der Waals surface area contributed by atoms with Crippen LogP contribution in [0.2, 0.25) is 0 Å². The van der Waals surface area contributed by atoms with Crippen LogP contribution in [-0.4, -0.2) is 52.5 Å². The van der Waals surface area contributed by atoms with Gasteiger partial charge in [-0.25, -0.2) is 4.79 Å². The molecule has 2 amide bonds. The first-order valence-corrected chi connectivity index (χ1v) is 10.7. The maximum atomic E-state index is 13.3. The van der Waals surface area contributed by atoms with Crippen molar-refractivity contribution in [2.24, 2.45) is 17.2 Å². The molecule has 32 heavy (non-hydrogen) atoms. The summed E-state index contributed by atoms with van der Waals surface area (Å²) in [4.78, 5) is 39.3. The lowest BCUT2D eigenvalue weighted by Crippen LogP contribution is -2.59. The summed E-state index contributed by atoms with van der Waals surface area (Å²) in [6.45, 7) is 0.384. The quantitative estimate of drug-likeness (QED) is 0.360. The lowest BCUT2D eigenvalue weighted by atomic mass is 10.00. The van der Waals surface area contributed by atoms with E-state index in [-0.39, 0.29) is 19.3 Å². The van der Waals surface area contributed by atoms with Crippen LogP contribution in [0.25, 0.3) is 0 Å². The molecule has 172 valence electrons. The Kier molecular flexibility index (Phi) is 10.0. The first-order valence-electron chi connectivity index (χ1n) is 10.7. The summed E-state index contributed by atoms with van der Waals surface area (Å²) in [6, 6.07) is 14.7. The number of rotatable bonds is 12. The van der Waals surface area contributed by atoms with Crippen molar-refractivity contribution in [1.29, 1.82) is 0 Å². The number of carboxylic acids is 1. The van der Waals surface area contributed by atoms with E-state index in [1.165, 1.54) is 0 Å². The van der Waals surface area contributed by atoms with E-state index in [0.29, 0.717) is 19.4 Å². The zero-order valence-corrected chi connectivity index (χ0v) is 18.1. The zero-order valence-electron chi connectivity index (χ0n) is 18.1. The summed E-state index contributed by atoms with van der Waals surface area (Å²) < 4.78 is 0. The number of carbonyl (C=O) groups excluding carboxylic acids is 2. The van der Waals surface area contributed by atoms with Crippen LogP contribution in [0.4, 0.5) is 0 Å². The van der Waals surface area contributed by atoms with E-state index < -0.39 is 35.9 Å². The fourth-order valence-electron chi connectivity index (χ4n) is 3.53. The Morgan fingerprint density at radius 1 is 0.781 bits per heavy atom. The normalized spacial score (nSPS) is 13.7. The summed E-state index contributed by atoms with van der Waals surface area (Å²) in [6.07, 6.45) is 1.46. The molecule has 0 fully saturated rings. The number of unbranched alkanes of at least 4 members (excludes halogenated alkanes) is 1. The summed E-state index contributed by atoms with van der Waals surface area (Å²) in [5, 5.41) is 9.82. The van der Waals surface area contributed by atoms with E-state index in [1.807, 2.05) is 60.7 Å². The highest BCUT2D eigenvalue weighted by Gasteiger charge is 2.38. The van der Waals surface area contributed by atoms with Gasteiger partial charge in [0.25, 0.3) is 0 Å². The molecule has 3 atom stereocenters. The predicted molar refractivity (Wildman–Crippen MR) is 122 cm³/mol. The van der Waals surface area contributed by atoms with Gasteiger partial charge in [-0.3, -0.25) is 14.5 Å². The number of carboxylic acid groups (broad SMARTS) is 1. The number of aliphatic carboxylic acids is 1. The van der Waals surface area contributed by atoms with Crippen LogP contribution in [-0.2, 0) is 27.2 Å². The largest absolute Gasteiger partial charge is 0.480 e. The molecule has 8 heteroatoms. The van der Waals surface area contributed by atoms with Gasteiger partial charge in [0.2, 0.25) is 11.8 Å². The van der Waals surface area contributed by atoms with Crippen molar-refractivity contribution in [1.82, 2.24) is 4.90 Å². The Bertz CT molecular complexity index is 817. The van der Waals surface area contributed by atoms with Crippen molar-refractivity contribution in [3.63, 3.8) is 0 Å². The van der Waals surface area contributed by atoms with Gasteiger partial charge in [-0.1, -0.05) is 60.7 Å². The van der Waals surface area contributed by atoms with Crippen molar-refractivity contribution < 1.29 is 19.5 Å². The topological polar surface area (TPSA) is 153 Å². The van der Waals surface area contributed by atoms with Crippen molar-refractivity contribution in [3.05, 3.63) is 71.8 Å². The number of nitrogens with two attached hydrogens (primary N) is 3. The molecule has 0 aromatic heterocycles. The molecule has 0 spiro atoms. The molecule has 0 aliphatic rings. The third-order valence-corrected chi connectivity index (χ3v) is 5.23. The maximum Gasteiger partial charge on any atom is 0.326 e. The second-order valence-corrected chi connectivity index (χ2v) is 7.78. The number of amides is 2. The Labute approximate surface area is 188 Å². The highest BCUT2D eigenvalue weighted by atomic mass is 16.4. The van der Waals surface area contributed by atoms with Crippen LogP contribution in [0.15, 0.2) is 60.7 Å². The van der Waals surface area contributed by atoms with Gasteiger partial charge in [0, 0.05) is 0 Å². The van der Waals surface area contributed by atoms with Crippen LogP contribution in [0.3, 0.4) is 0 Å². The van der Waals surface area contributed by atoms with Gasteiger partial charge < -0.3 is 22.3 Å². The first-order chi connectivity index (χ1) is 15.3. The summed E-state index contributed by atoms with van der Waals surface area (Å²) in [7, 11) is 0. The van der Waals surface area contributed by atoms with Gasteiger partial charge in [0.1, 0.15) is 6.04 Å². The minimum absolute atomic E-state index is 0.0835. The molecule has 2 aromatic rings. The summed E-state index contributed by atoms with van der Waals surface area (Å²) >= 11 is 0. The molecule has 0 saturated carbocycles. The molecule has 0 heterocycles. The summed E-state index contributed by atoms with van der Waals surface area (Å²) in [5.41, 5.74) is 19.4. The zero-order chi connectivity index (χ0) is 23.5. The van der Waals surface area contributed by atoms with Gasteiger partial charge in [-0.05, 0) is 49.8 Å². The molecule has 8 nitrogen and oxygen atoms in total. The number of hydrogen-bond donors (Lipinski definition) is 4. The number of carbonyl (C=O) groups is 3. The van der Waals surface area contributed by atoms with E-state index in [4.69, 9.17) is 17.2 Å². The molecule has 0 aliphatic heterocycles. The maximum absolute atomic E-state index is 13.3. The van der Waals surface area contributed by atoms with Crippen molar-refractivity contribution in [3.8, 4) is 0 Å². The molecule has 0 bridgehead atoms. The molecule has 2 aromatic carbocycles. The Morgan fingerprint density at radius 2 is 1.22 bits per heavy atom. The van der Waals surface area contributed by atoms with Crippen LogP contribution in [0, 0.1) is 0 Å². The number of hydrogen-bond acceptors (Lipinski definition) is 6. The molecule has 0 radical (unpaired) electrons. The SMILES string of the molecule is NCCCC[C@@H](C(=O)O)N(C(=O)[C@@H](N)Cc1ccccc1)C(=O)[C@@H](N)Cc1ccccc1. The lowest BCUT2D eigenvalue weighted by molar-refractivity contribution is -0.159. The number of nitrogens with zero attached hydrogens (tertiary/aromatic N) is 1. The average molecular weight is 441 g/mol. The van der Waals surface area contributed by atoms with Gasteiger partial charge in [-0.2, -0.15) is 0 Å². The van der Waals surface area contributed by atoms with Gasteiger partial charge in [-0.15, -0.1) is 0 Å². The second-order valence-electron chi connectivity index (χ2n) is 7.78. The Morgan fingerprint density at radius 3 is 1.59 bits per heavy atom. The van der Waals surface area contributed by atoms with Crippen LogP contribution in [0.1, 0.15) is 30.4 Å². The van der Waals surface area contributed by atoms with Crippen LogP contribution >= 0.6 is 0 Å². The van der Waals surface area contributed by atoms with E-state index in [2.05, 4.69) is 0 Å². The standard InChI is InChI=1S/C24H32N4O4/c25-14-8-7-13-21(24(31)32)28(22(29)19(26)15-17-9-3-1-4-10-17)23(30)20(27)16-18-11-5-2-6-12-18/h1-6,9-12,19-21H,7-8,13-16,25-27H2,(H,31,32)/t19-,20-,21-/m0/s1. The first kappa shape index (κ1) is 25.2. The molecular formula is C24H32N4O4. The van der Waals surface area contributed by atoms with Gasteiger partial charge >= 0.3 is 5.97 Å². The molecule has 0 saturated heterocycles. The molecule has 0 aliphatic carbocycles. The minimum atomic E-state index is -1.36. The fourth-order valence-corrected chi connectivity index (χ4v) is 3.53. The van der Waals surface area contributed by atoms with Crippen molar-refractivity contribution >= 4 is 17.8 Å². The third-order valence-electron chi connectivity index (χ3n) is 5.23. The Balaban J connectivity index is 2.28. The van der Waals surface area contributed by atoms with E-state index in [9.17, 15) is 19.5 Å². The van der Waals surface area contributed by atoms with Gasteiger partial charge in [0.05, 0.1) is 12.1 Å². The van der Waals surface area contributed by atoms with Crippen LogP contribution in [0.5, 0.6) is 0 Å². The van der Waals surface area contributed by atoms with Crippen molar-refractivity contribution in [2.45, 2.75) is 50.2 Å². The van der Waals surface area contributed by atoms with E-state index >= 15 is 0 Å². The van der Waals surface area contributed by atoms with Crippen molar-refractivity contribution in [2.75, 3.05) is 6.54 Å².